The fourth-order valence-electron chi connectivity index (χ4n) is 15.1. The SMILES string of the molecule is C=CCOC(=O)NC[C@H](C)[C@@H](C)C[C@]12CCC([C@@H](CO[Si](C)(C)C(C)(C)C)O[Si](C)(C)C(C)(C)C)=C[C@@H]1[C@@H]1O[C@]3(C[C@H]4CCC[C@@]5(CC[C@@]6(O[C@@H](CC[C@@]6(C)O[Si](CC)(CC)CC)CC(=C)CCCC2=O)O5)O4)C[C@@H](C)[C@@H](O[Si](C)(C)C(C)(C)C)[C@H]1O3. The quantitative estimate of drug-likeness (QED) is 0.0917. The third kappa shape index (κ3) is 15.8. The summed E-state index contributed by atoms with van der Waals surface area (Å²) in [5.41, 5.74) is 0.735. The Hall–Kier alpha value is -1.33. The molecule has 15 atom stereocenters. The predicted molar refractivity (Wildman–Crippen MR) is 362 cm³/mol. The van der Waals surface area contributed by atoms with Gasteiger partial charge in [0.25, 0.3) is 0 Å². The summed E-state index contributed by atoms with van der Waals surface area (Å²) in [6, 6.07) is 3.12. The third-order valence-corrected chi connectivity index (χ3v) is 42.5. The van der Waals surface area contributed by atoms with Crippen molar-refractivity contribution in [2.45, 2.75) is 346 Å². The Balaban J connectivity index is 1.42. The Morgan fingerprint density at radius 3 is 2.02 bits per heavy atom. The lowest BCUT2D eigenvalue weighted by molar-refractivity contribution is -0.400. The van der Waals surface area contributed by atoms with E-state index in [2.05, 4.69) is 168 Å². The van der Waals surface area contributed by atoms with Gasteiger partial charge in [0.15, 0.2) is 50.6 Å². The average Bonchev–Trinajstić information content (AvgIpc) is 1.63. The van der Waals surface area contributed by atoms with Gasteiger partial charge in [0.1, 0.15) is 24.1 Å². The highest BCUT2D eigenvalue weighted by Crippen LogP contribution is 2.61. The van der Waals surface area contributed by atoms with Gasteiger partial charge in [0.2, 0.25) is 0 Å². The van der Waals surface area contributed by atoms with Gasteiger partial charge in [0, 0.05) is 56.4 Å². The van der Waals surface area contributed by atoms with Gasteiger partial charge < -0.3 is 51.4 Å². The number of carbonyl (C=O) groups excluding carboxylic acids is 2. The van der Waals surface area contributed by atoms with E-state index >= 15 is 4.79 Å². The van der Waals surface area contributed by atoms with Crippen LogP contribution in [-0.4, -0.2) is 124 Å². The molecular weight excluding hydrogens is 1160 g/mol. The number of rotatable bonds is 20. The van der Waals surface area contributed by atoms with Crippen LogP contribution in [-0.2, 0) is 50.9 Å². The molecule has 6 fully saturated rings. The molecule has 0 aromatic carbocycles. The highest BCUT2D eigenvalue weighted by atomic mass is 28.4. The van der Waals surface area contributed by atoms with E-state index in [1.54, 1.807) is 6.08 Å². The molecular formula is C70H127NO12Si4. The molecule has 13 nitrogen and oxygen atoms in total. The maximum atomic E-state index is 16.6. The van der Waals surface area contributed by atoms with E-state index in [0.29, 0.717) is 83.8 Å². The van der Waals surface area contributed by atoms with Gasteiger partial charge in [-0.3, -0.25) is 4.79 Å². The second-order valence-corrected chi connectivity index (χ2v) is 52.6. The molecule has 7 rings (SSSR count). The van der Waals surface area contributed by atoms with E-state index in [1.807, 2.05) is 0 Å². The Morgan fingerprint density at radius 2 is 1.40 bits per heavy atom. The minimum atomic E-state index is -2.43. The summed E-state index contributed by atoms with van der Waals surface area (Å²) in [5, 5.41) is 2.89. The van der Waals surface area contributed by atoms with E-state index in [0.717, 1.165) is 55.8 Å². The number of fused-ring (bicyclic) bond motifs is 7. The van der Waals surface area contributed by atoms with E-state index < -0.39 is 85.9 Å². The minimum absolute atomic E-state index is 0.00365. The number of hydrogen-bond acceptors (Lipinski definition) is 12. The molecule has 6 heterocycles. The second-order valence-electron chi connectivity index (χ2n) is 33.6. The molecule has 6 aliphatic heterocycles. The summed E-state index contributed by atoms with van der Waals surface area (Å²) >= 11 is 0. The van der Waals surface area contributed by atoms with Gasteiger partial charge in [-0.2, -0.15) is 0 Å². The molecule has 0 unspecified atom stereocenters. The summed E-state index contributed by atoms with van der Waals surface area (Å²) in [6.07, 6.45) is 12.6. The third-order valence-electron chi connectivity index (χ3n) is 24.3. The lowest BCUT2D eigenvalue weighted by Gasteiger charge is -2.55. The first kappa shape index (κ1) is 73.1. The molecule has 0 saturated carbocycles. The lowest BCUT2D eigenvalue weighted by Crippen LogP contribution is -2.65. The monoisotopic (exact) mass is 1290 g/mol. The topological polar surface area (TPSA) is 138 Å². The predicted octanol–water partition coefficient (Wildman–Crippen LogP) is 18.0. The van der Waals surface area contributed by atoms with Crippen LogP contribution in [0.2, 0.25) is 72.5 Å². The normalized spacial score (nSPS) is 35.2. The molecule has 1 aliphatic carbocycles. The Bertz CT molecular complexity index is 2420. The van der Waals surface area contributed by atoms with Crippen molar-refractivity contribution >= 4 is 45.1 Å². The van der Waals surface area contributed by atoms with Crippen molar-refractivity contribution < 1.29 is 55.7 Å². The summed E-state index contributed by atoms with van der Waals surface area (Å²) in [5.74, 6) is -2.97. The van der Waals surface area contributed by atoms with E-state index in [-0.39, 0.29) is 69.7 Å². The van der Waals surface area contributed by atoms with Gasteiger partial charge in [0.05, 0.1) is 37.1 Å². The summed E-state index contributed by atoms with van der Waals surface area (Å²) in [4.78, 5) is 29.6. The number of ether oxygens (including phenoxy) is 6. The largest absolute Gasteiger partial charge is 0.445 e. The van der Waals surface area contributed by atoms with Crippen molar-refractivity contribution in [2.75, 3.05) is 19.8 Å². The fourth-order valence-corrected chi connectivity index (χ4v) is 21.9. The Labute approximate surface area is 534 Å². The molecule has 7 aliphatic rings. The summed E-state index contributed by atoms with van der Waals surface area (Å²) in [7, 11) is -9.24. The second kappa shape index (κ2) is 27.2. The zero-order valence-electron chi connectivity index (χ0n) is 59.3. The number of amides is 1. The van der Waals surface area contributed by atoms with Gasteiger partial charge in [-0.1, -0.05) is 135 Å². The van der Waals surface area contributed by atoms with E-state index in [4.69, 9.17) is 52.7 Å². The standard InChI is InChI=1S/C70H127NO12Si4/c1-25-41-74-62(73)71-47-52(8)50(6)44-67-38-34-53(57(80-85(21,22)64(12,13)14)48-75-84(19,20)63(9,10)11)43-56(67)60-61-59(81-86(23,24)65(15,16)17)51(7)45-69(78-60,79-61)46-55-32-30-36-68(76-55)39-40-70(82-68)66(18,83-87(26-2,27-3)28-4)37-35-54(77-70)42-49(5)31-29-33-58(67)72/h25,43,50-52,54-57,59-61H,1,5,26-42,44-48H2,2-4,6-24H3,(H,71,73)/t50-,51+,52-,54-,55+,56+,57+,59+,60-,61+,66+,67+,68+,69+,70+/m0/s1. The van der Waals surface area contributed by atoms with Crippen LogP contribution in [0, 0.1) is 29.1 Å². The zero-order chi connectivity index (χ0) is 64.8. The van der Waals surface area contributed by atoms with Gasteiger partial charge in [-0.05, 0) is 167 Å². The fraction of sp³-hybridized carbons (Fsp3) is 0.886. The van der Waals surface area contributed by atoms with Gasteiger partial charge in [-0.15, -0.1) is 0 Å². The van der Waals surface area contributed by atoms with Crippen LogP contribution in [0.25, 0.3) is 0 Å². The molecule has 500 valence electrons. The average molecular weight is 1290 g/mol. The van der Waals surface area contributed by atoms with Gasteiger partial charge in [-0.25, -0.2) is 4.79 Å². The van der Waals surface area contributed by atoms with Crippen LogP contribution in [0.5, 0.6) is 0 Å². The molecule has 87 heavy (non-hydrogen) atoms. The van der Waals surface area contributed by atoms with Crippen molar-refractivity contribution in [1.82, 2.24) is 5.32 Å². The molecule has 7 bridgehead atoms. The summed E-state index contributed by atoms with van der Waals surface area (Å²) in [6.45, 7) is 60.3. The number of ketones is 1. The van der Waals surface area contributed by atoms with Crippen LogP contribution in [0.1, 0.15) is 214 Å². The number of Topliss-reactive ketones (excluding diaryl/α,β-unsaturated/α-hetero) is 1. The van der Waals surface area contributed by atoms with Crippen molar-refractivity contribution in [1.29, 1.82) is 0 Å². The van der Waals surface area contributed by atoms with E-state index in [1.165, 1.54) is 5.57 Å². The maximum Gasteiger partial charge on any atom is 0.407 e. The molecule has 6 saturated heterocycles. The van der Waals surface area contributed by atoms with Crippen LogP contribution in [0.15, 0.2) is 36.5 Å². The number of carbonyl (C=O) groups is 2. The number of hydrogen-bond donors (Lipinski definition) is 1. The Morgan fingerprint density at radius 1 is 0.759 bits per heavy atom. The van der Waals surface area contributed by atoms with Crippen molar-refractivity contribution in [3.63, 3.8) is 0 Å². The maximum absolute atomic E-state index is 16.6. The summed E-state index contributed by atoms with van der Waals surface area (Å²) < 4.78 is 74.3. The van der Waals surface area contributed by atoms with E-state index in [9.17, 15) is 4.79 Å². The molecule has 1 N–H and O–H groups in total. The first-order chi connectivity index (χ1) is 40.1. The van der Waals surface area contributed by atoms with Crippen molar-refractivity contribution in [3.8, 4) is 0 Å². The lowest BCUT2D eigenvalue weighted by atomic mass is 9.57. The van der Waals surface area contributed by atoms with Crippen LogP contribution in [0.3, 0.4) is 0 Å². The Kier molecular flexibility index (Phi) is 22.8. The first-order valence-corrected chi connectivity index (χ1v) is 45.9. The van der Waals surface area contributed by atoms with Gasteiger partial charge >= 0.3 is 6.09 Å². The highest BCUT2D eigenvalue weighted by molar-refractivity contribution is 6.75. The minimum Gasteiger partial charge on any atom is -0.445 e. The smallest absolute Gasteiger partial charge is 0.407 e. The van der Waals surface area contributed by atoms with Crippen LogP contribution < -0.4 is 5.32 Å². The van der Waals surface area contributed by atoms with Crippen LogP contribution >= 0.6 is 0 Å². The van der Waals surface area contributed by atoms with Crippen molar-refractivity contribution in [2.24, 2.45) is 29.1 Å². The van der Waals surface area contributed by atoms with Crippen molar-refractivity contribution in [3.05, 3.63) is 36.5 Å². The molecule has 3 spiro atoms. The van der Waals surface area contributed by atoms with Crippen LogP contribution in [0.4, 0.5) is 4.79 Å². The number of nitrogens with one attached hydrogen (secondary N) is 1. The molecule has 0 aromatic heterocycles. The molecule has 0 aromatic rings. The number of alkyl carbamates (subject to hydrolysis) is 1. The molecule has 1 amide bonds. The first-order valence-electron chi connectivity index (χ1n) is 34.7. The molecule has 17 heteroatoms. The molecule has 0 radical (unpaired) electrons. The zero-order valence-corrected chi connectivity index (χ0v) is 63.3. The highest BCUT2D eigenvalue weighted by Gasteiger charge is 2.68.